The maximum Gasteiger partial charge on any atom is 0.416 e. The van der Waals surface area contributed by atoms with Crippen molar-refractivity contribution in [3.05, 3.63) is 101 Å². The second-order valence-electron chi connectivity index (χ2n) is 7.80. The Labute approximate surface area is 187 Å². The molecule has 1 amide bonds. The van der Waals surface area contributed by atoms with Gasteiger partial charge in [-0.2, -0.15) is 13.2 Å². The SMILES string of the molecule is CC1=C(C(=O)Nc2cccc(C(F)(F)F)c2)[C@@H](c2ccccc2)n2c(nc3ccccc32)N1. The normalized spacial score (nSPS) is 15.8. The summed E-state index contributed by atoms with van der Waals surface area (Å²) in [7, 11) is 0. The number of carbonyl (C=O) groups is 1. The summed E-state index contributed by atoms with van der Waals surface area (Å²) in [4.78, 5) is 18.1. The highest BCUT2D eigenvalue weighted by atomic mass is 19.4. The van der Waals surface area contributed by atoms with E-state index in [1.165, 1.54) is 12.1 Å². The molecule has 0 spiro atoms. The molecular weight excluding hydrogens is 429 g/mol. The molecular formula is C25H19F3N4O. The number of rotatable bonds is 3. The molecule has 5 nitrogen and oxygen atoms in total. The van der Waals surface area contributed by atoms with Crippen LogP contribution in [0.2, 0.25) is 0 Å². The lowest BCUT2D eigenvalue weighted by Gasteiger charge is -2.30. The first-order valence-corrected chi connectivity index (χ1v) is 10.3. The number of para-hydroxylation sites is 2. The zero-order chi connectivity index (χ0) is 23.2. The second kappa shape index (κ2) is 7.81. The van der Waals surface area contributed by atoms with E-state index in [9.17, 15) is 18.0 Å². The molecule has 1 aliphatic rings. The topological polar surface area (TPSA) is 59.0 Å². The molecule has 0 unspecified atom stereocenters. The highest BCUT2D eigenvalue weighted by Gasteiger charge is 2.35. The minimum Gasteiger partial charge on any atom is -0.329 e. The van der Waals surface area contributed by atoms with Crippen molar-refractivity contribution in [2.24, 2.45) is 0 Å². The van der Waals surface area contributed by atoms with Crippen molar-refractivity contribution in [3.8, 4) is 0 Å². The summed E-state index contributed by atoms with van der Waals surface area (Å²) in [6.07, 6.45) is -4.50. The Morgan fingerprint density at radius 3 is 2.48 bits per heavy atom. The van der Waals surface area contributed by atoms with Crippen molar-refractivity contribution in [3.63, 3.8) is 0 Å². The largest absolute Gasteiger partial charge is 0.416 e. The molecule has 4 aromatic rings. The molecule has 0 bridgehead atoms. The van der Waals surface area contributed by atoms with E-state index in [2.05, 4.69) is 15.6 Å². The molecule has 166 valence electrons. The number of amides is 1. The summed E-state index contributed by atoms with van der Waals surface area (Å²) >= 11 is 0. The van der Waals surface area contributed by atoms with Gasteiger partial charge in [0.1, 0.15) is 0 Å². The number of nitrogens with one attached hydrogen (secondary N) is 2. The molecule has 0 fully saturated rings. The van der Waals surface area contributed by atoms with Crippen LogP contribution in [0, 0.1) is 0 Å². The van der Waals surface area contributed by atoms with E-state index < -0.39 is 23.7 Å². The minimum absolute atomic E-state index is 0.0724. The maximum absolute atomic E-state index is 13.5. The molecule has 0 aliphatic carbocycles. The first-order chi connectivity index (χ1) is 15.8. The number of hydrogen-bond acceptors (Lipinski definition) is 3. The summed E-state index contributed by atoms with van der Waals surface area (Å²) in [5.74, 6) is 0.106. The molecule has 0 saturated heterocycles. The van der Waals surface area contributed by atoms with Crippen LogP contribution in [0.3, 0.4) is 0 Å². The third kappa shape index (κ3) is 3.73. The first-order valence-electron chi connectivity index (χ1n) is 10.3. The Hall–Kier alpha value is -4.07. The number of alkyl halides is 3. The maximum atomic E-state index is 13.5. The van der Waals surface area contributed by atoms with Gasteiger partial charge in [-0.1, -0.05) is 48.5 Å². The number of halogens is 3. The molecule has 8 heteroatoms. The summed E-state index contributed by atoms with van der Waals surface area (Å²) in [6, 6.07) is 21.2. The zero-order valence-electron chi connectivity index (χ0n) is 17.5. The molecule has 33 heavy (non-hydrogen) atoms. The molecule has 2 heterocycles. The van der Waals surface area contributed by atoms with Crippen molar-refractivity contribution in [2.75, 3.05) is 10.6 Å². The van der Waals surface area contributed by atoms with Gasteiger partial charge in [-0.15, -0.1) is 0 Å². The zero-order valence-corrected chi connectivity index (χ0v) is 17.5. The molecule has 1 aromatic heterocycles. The number of carbonyl (C=O) groups excluding carboxylic acids is 1. The van der Waals surface area contributed by atoms with Crippen molar-refractivity contribution >= 4 is 28.6 Å². The van der Waals surface area contributed by atoms with Gasteiger partial charge >= 0.3 is 6.18 Å². The van der Waals surface area contributed by atoms with Crippen LogP contribution in [0.15, 0.2) is 90.1 Å². The second-order valence-corrected chi connectivity index (χ2v) is 7.80. The van der Waals surface area contributed by atoms with Gasteiger partial charge < -0.3 is 10.6 Å². The fourth-order valence-corrected chi connectivity index (χ4v) is 4.18. The molecule has 5 rings (SSSR count). The average molecular weight is 448 g/mol. The number of nitrogens with zero attached hydrogens (tertiary/aromatic N) is 2. The quantitative estimate of drug-likeness (QED) is 0.405. The summed E-state index contributed by atoms with van der Waals surface area (Å²) in [6.45, 7) is 1.76. The van der Waals surface area contributed by atoms with Crippen molar-refractivity contribution < 1.29 is 18.0 Å². The van der Waals surface area contributed by atoms with Crippen LogP contribution in [0.1, 0.15) is 24.1 Å². The summed E-state index contributed by atoms with van der Waals surface area (Å²) in [5, 5.41) is 5.85. The fraction of sp³-hybridized carbons (Fsp3) is 0.120. The Morgan fingerprint density at radius 2 is 1.73 bits per heavy atom. The number of fused-ring (bicyclic) bond motifs is 3. The van der Waals surface area contributed by atoms with Gasteiger partial charge in [-0.05, 0) is 42.8 Å². The Morgan fingerprint density at radius 1 is 1.00 bits per heavy atom. The Kier molecular flexibility index (Phi) is 4.92. The van der Waals surface area contributed by atoms with Crippen LogP contribution in [-0.4, -0.2) is 15.5 Å². The number of aromatic nitrogens is 2. The van der Waals surface area contributed by atoms with Gasteiger partial charge in [0.15, 0.2) is 0 Å². The average Bonchev–Trinajstić information content (AvgIpc) is 3.16. The summed E-state index contributed by atoms with van der Waals surface area (Å²) in [5.41, 5.74) is 2.69. The van der Waals surface area contributed by atoms with E-state index in [1.807, 2.05) is 59.2 Å². The lowest BCUT2D eigenvalue weighted by Crippen LogP contribution is -2.31. The van der Waals surface area contributed by atoms with Gasteiger partial charge in [0.25, 0.3) is 5.91 Å². The first kappa shape index (κ1) is 20.8. The Bertz CT molecular complexity index is 1390. The third-order valence-corrected chi connectivity index (χ3v) is 5.64. The smallest absolute Gasteiger partial charge is 0.329 e. The highest BCUT2D eigenvalue weighted by Crippen LogP contribution is 2.39. The van der Waals surface area contributed by atoms with E-state index >= 15 is 0 Å². The van der Waals surface area contributed by atoms with Crippen LogP contribution in [0.4, 0.5) is 24.8 Å². The minimum atomic E-state index is -4.50. The lowest BCUT2D eigenvalue weighted by molar-refractivity contribution is -0.137. The van der Waals surface area contributed by atoms with Gasteiger partial charge in [0, 0.05) is 11.4 Å². The van der Waals surface area contributed by atoms with Crippen LogP contribution in [-0.2, 0) is 11.0 Å². The van der Waals surface area contributed by atoms with E-state index in [-0.39, 0.29) is 5.69 Å². The van der Waals surface area contributed by atoms with E-state index in [1.54, 1.807) is 6.92 Å². The van der Waals surface area contributed by atoms with Crippen LogP contribution in [0.5, 0.6) is 0 Å². The number of benzene rings is 3. The predicted molar refractivity (Wildman–Crippen MR) is 121 cm³/mol. The summed E-state index contributed by atoms with van der Waals surface area (Å²) < 4.78 is 41.4. The van der Waals surface area contributed by atoms with E-state index in [0.717, 1.165) is 28.7 Å². The van der Waals surface area contributed by atoms with Crippen LogP contribution in [0.25, 0.3) is 11.0 Å². The number of allylic oxidation sites excluding steroid dienone is 1. The molecule has 1 aliphatic heterocycles. The van der Waals surface area contributed by atoms with Crippen LogP contribution >= 0.6 is 0 Å². The molecule has 2 N–H and O–H groups in total. The number of hydrogen-bond donors (Lipinski definition) is 2. The number of anilines is 2. The Balaban J connectivity index is 1.60. The standard InChI is InChI=1S/C25H19F3N4O/c1-15-21(23(33)30-18-11-7-10-17(14-18)25(26,27)28)22(16-8-3-2-4-9-16)32-20-13-6-5-12-19(20)31-24(32)29-15/h2-14,22H,1H3,(H,29,31)(H,30,33)/t22-/m1/s1. The highest BCUT2D eigenvalue weighted by molar-refractivity contribution is 6.06. The van der Waals surface area contributed by atoms with E-state index in [4.69, 9.17) is 0 Å². The van der Waals surface area contributed by atoms with Crippen LogP contribution < -0.4 is 10.6 Å². The van der Waals surface area contributed by atoms with Gasteiger partial charge in [-0.25, -0.2) is 4.98 Å². The third-order valence-electron chi connectivity index (χ3n) is 5.64. The molecule has 1 atom stereocenters. The number of imidazole rings is 1. The molecule has 3 aromatic carbocycles. The fourth-order valence-electron chi connectivity index (χ4n) is 4.18. The van der Waals surface area contributed by atoms with Gasteiger partial charge in [-0.3, -0.25) is 9.36 Å². The molecule has 0 radical (unpaired) electrons. The lowest BCUT2D eigenvalue weighted by atomic mass is 9.94. The van der Waals surface area contributed by atoms with Crippen molar-refractivity contribution in [1.29, 1.82) is 0 Å². The molecule has 0 saturated carbocycles. The van der Waals surface area contributed by atoms with Crippen molar-refractivity contribution in [1.82, 2.24) is 9.55 Å². The predicted octanol–water partition coefficient (Wildman–Crippen LogP) is 5.98. The monoisotopic (exact) mass is 448 g/mol. The van der Waals surface area contributed by atoms with Crippen molar-refractivity contribution in [2.45, 2.75) is 19.1 Å². The van der Waals surface area contributed by atoms with Gasteiger partial charge in [0.05, 0.1) is 28.2 Å². The van der Waals surface area contributed by atoms with Gasteiger partial charge in [0.2, 0.25) is 5.95 Å². The van der Waals surface area contributed by atoms with E-state index in [0.29, 0.717) is 17.2 Å².